The highest BCUT2D eigenvalue weighted by Gasteiger charge is 2.39. The average molecular weight is 336 g/mol. The number of rotatable bonds is 4. The van der Waals surface area contributed by atoms with Crippen LogP contribution in [-0.2, 0) is 4.79 Å². The normalized spacial score (nSPS) is 20.5. The molecule has 0 saturated carbocycles. The maximum Gasteiger partial charge on any atom is 0.311 e. The fraction of sp³-hybridized carbons (Fsp3) is 0.500. The molecule has 0 radical (unpaired) electrons. The van der Waals surface area contributed by atoms with Gasteiger partial charge in [-0.2, -0.15) is 0 Å². The second kappa shape index (κ2) is 6.46. The molecule has 8 nitrogen and oxygen atoms in total. The predicted octanol–water partition coefficient (Wildman–Crippen LogP) is 2.24. The van der Waals surface area contributed by atoms with Gasteiger partial charge >= 0.3 is 5.97 Å². The van der Waals surface area contributed by atoms with Crippen molar-refractivity contribution in [1.82, 2.24) is 4.90 Å². The van der Waals surface area contributed by atoms with Crippen LogP contribution in [0.1, 0.15) is 35.7 Å². The molecule has 1 amide bonds. The van der Waals surface area contributed by atoms with Crippen LogP contribution in [0.4, 0.5) is 5.69 Å². The van der Waals surface area contributed by atoms with Crippen molar-refractivity contribution < 1.29 is 24.4 Å². The second-order valence-corrected chi connectivity index (χ2v) is 6.28. The zero-order chi connectivity index (χ0) is 18.1. The van der Waals surface area contributed by atoms with E-state index in [0.29, 0.717) is 24.9 Å². The molecule has 1 aromatic rings. The number of aliphatic carboxylic acids is 1. The van der Waals surface area contributed by atoms with Gasteiger partial charge in [-0.15, -0.1) is 0 Å². The van der Waals surface area contributed by atoms with Crippen LogP contribution in [-0.4, -0.2) is 47.0 Å². The summed E-state index contributed by atoms with van der Waals surface area (Å²) in [5.74, 6) is -1.12. The molecule has 0 bridgehead atoms. The molecule has 1 aromatic carbocycles. The SMILES string of the molecule is COc1cc(C(=O)N2CCCC(C)(C(=O)O)C2)cc([N+](=O)[O-])c1C. The van der Waals surface area contributed by atoms with Gasteiger partial charge in [-0.1, -0.05) is 0 Å². The quantitative estimate of drug-likeness (QED) is 0.667. The average Bonchev–Trinajstić information content (AvgIpc) is 2.54. The van der Waals surface area contributed by atoms with E-state index in [0.717, 1.165) is 0 Å². The van der Waals surface area contributed by atoms with Crippen molar-refractivity contribution in [2.75, 3.05) is 20.2 Å². The number of carbonyl (C=O) groups is 2. The highest BCUT2D eigenvalue weighted by atomic mass is 16.6. The monoisotopic (exact) mass is 336 g/mol. The third kappa shape index (κ3) is 3.17. The molecule has 130 valence electrons. The Bertz CT molecular complexity index is 702. The first-order valence-electron chi connectivity index (χ1n) is 7.55. The van der Waals surface area contributed by atoms with Crippen molar-refractivity contribution in [2.45, 2.75) is 26.7 Å². The molecule has 0 aliphatic carbocycles. The van der Waals surface area contributed by atoms with Gasteiger partial charge in [0, 0.05) is 19.2 Å². The maximum atomic E-state index is 12.7. The number of piperidine rings is 1. The number of nitrogens with zero attached hydrogens (tertiary/aromatic N) is 2. The van der Waals surface area contributed by atoms with Crippen LogP contribution >= 0.6 is 0 Å². The van der Waals surface area contributed by atoms with Gasteiger partial charge in [-0.3, -0.25) is 19.7 Å². The molecule has 1 saturated heterocycles. The molecule has 1 N–H and O–H groups in total. The zero-order valence-corrected chi connectivity index (χ0v) is 13.9. The number of benzene rings is 1. The lowest BCUT2D eigenvalue weighted by atomic mass is 9.82. The smallest absolute Gasteiger partial charge is 0.311 e. The van der Waals surface area contributed by atoms with E-state index in [2.05, 4.69) is 0 Å². The molecule has 1 fully saturated rings. The molecule has 24 heavy (non-hydrogen) atoms. The van der Waals surface area contributed by atoms with E-state index < -0.39 is 22.2 Å². The first-order chi connectivity index (χ1) is 11.2. The molecule has 8 heteroatoms. The summed E-state index contributed by atoms with van der Waals surface area (Å²) in [6.45, 7) is 3.65. The Hall–Kier alpha value is -2.64. The van der Waals surface area contributed by atoms with Gasteiger partial charge in [-0.25, -0.2) is 0 Å². The molecule has 1 atom stereocenters. The number of hydrogen-bond donors (Lipinski definition) is 1. The Balaban J connectivity index is 2.37. The minimum Gasteiger partial charge on any atom is -0.496 e. The number of nitro benzene ring substituents is 1. The van der Waals surface area contributed by atoms with E-state index in [9.17, 15) is 24.8 Å². The molecule has 1 aliphatic rings. The van der Waals surface area contributed by atoms with Gasteiger partial charge < -0.3 is 14.7 Å². The predicted molar refractivity (Wildman–Crippen MR) is 85.3 cm³/mol. The first kappa shape index (κ1) is 17.7. The summed E-state index contributed by atoms with van der Waals surface area (Å²) in [7, 11) is 1.38. The Morgan fingerprint density at radius 1 is 1.42 bits per heavy atom. The number of carbonyl (C=O) groups excluding carboxylic acids is 1. The second-order valence-electron chi connectivity index (χ2n) is 6.28. The van der Waals surface area contributed by atoms with Crippen molar-refractivity contribution in [1.29, 1.82) is 0 Å². The van der Waals surface area contributed by atoms with Gasteiger partial charge in [0.2, 0.25) is 0 Å². The number of carboxylic acid groups (broad SMARTS) is 1. The topological polar surface area (TPSA) is 110 Å². The summed E-state index contributed by atoms with van der Waals surface area (Å²) in [4.78, 5) is 36.2. The van der Waals surface area contributed by atoms with Crippen LogP contribution < -0.4 is 4.74 Å². The minimum absolute atomic E-state index is 0.0746. The summed E-state index contributed by atoms with van der Waals surface area (Å²) in [6, 6.07) is 2.67. The van der Waals surface area contributed by atoms with E-state index in [1.165, 1.54) is 24.1 Å². The highest BCUT2D eigenvalue weighted by Crippen LogP contribution is 2.33. The van der Waals surface area contributed by atoms with Crippen LogP contribution in [0.3, 0.4) is 0 Å². The fourth-order valence-electron chi connectivity index (χ4n) is 2.97. The van der Waals surface area contributed by atoms with Gasteiger partial charge in [0.05, 0.1) is 28.6 Å². The van der Waals surface area contributed by atoms with Gasteiger partial charge in [0.1, 0.15) is 5.75 Å². The lowest BCUT2D eigenvalue weighted by molar-refractivity contribution is -0.385. The third-order valence-electron chi connectivity index (χ3n) is 4.50. The molecule has 1 aliphatic heterocycles. The van der Waals surface area contributed by atoms with E-state index in [-0.39, 0.29) is 23.5 Å². The minimum atomic E-state index is -1.01. The fourth-order valence-corrected chi connectivity index (χ4v) is 2.97. The highest BCUT2D eigenvalue weighted by molar-refractivity contribution is 5.96. The molecule has 0 spiro atoms. The van der Waals surface area contributed by atoms with Crippen molar-refractivity contribution in [3.8, 4) is 5.75 Å². The lowest BCUT2D eigenvalue weighted by Crippen LogP contribution is -2.48. The number of amides is 1. The molecule has 1 heterocycles. The zero-order valence-electron chi connectivity index (χ0n) is 13.9. The Morgan fingerprint density at radius 2 is 2.08 bits per heavy atom. The molecular weight excluding hydrogens is 316 g/mol. The number of methoxy groups -OCH3 is 1. The number of carboxylic acids is 1. The van der Waals surface area contributed by atoms with Crippen molar-refractivity contribution in [3.63, 3.8) is 0 Å². The summed E-state index contributed by atoms with van der Waals surface area (Å²) >= 11 is 0. The summed E-state index contributed by atoms with van der Waals surface area (Å²) in [5, 5.41) is 20.5. The van der Waals surface area contributed by atoms with Crippen molar-refractivity contribution in [2.24, 2.45) is 5.41 Å². The number of ether oxygens (including phenoxy) is 1. The van der Waals surface area contributed by atoms with Crippen LogP contribution in [0.15, 0.2) is 12.1 Å². The summed E-state index contributed by atoms with van der Waals surface area (Å²) in [6.07, 6.45) is 1.06. The molecule has 2 rings (SSSR count). The van der Waals surface area contributed by atoms with Gasteiger partial charge in [0.15, 0.2) is 0 Å². The van der Waals surface area contributed by atoms with Crippen LogP contribution in [0.5, 0.6) is 5.75 Å². The Kier molecular flexibility index (Phi) is 4.77. The third-order valence-corrected chi connectivity index (χ3v) is 4.50. The van der Waals surface area contributed by atoms with E-state index in [1.54, 1.807) is 13.8 Å². The van der Waals surface area contributed by atoms with Gasteiger partial charge in [-0.05, 0) is 32.8 Å². The largest absolute Gasteiger partial charge is 0.496 e. The van der Waals surface area contributed by atoms with Crippen molar-refractivity contribution >= 4 is 17.6 Å². The lowest BCUT2D eigenvalue weighted by Gasteiger charge is -2.37. The Morgan fingerprint density at radius 3 is 2.62 bits per heavy atom. The Labute approximate surface area is 139 Å². The van der Waals surface area contributed by atoms with E-state index in [1.807, 2.05) is 0 Å². The standard InChI is InChI=1S/C16H20N2O6/c1-10-12(18(22)23)7-11(8-13(10)24-3)14(19)17-6-4-5-16(2,9-17)15(20)21/h7-8H,4-6,9H2,1-3H3,(H,20,21). The molecule has 0 aromatic heterocycles. The van der Waals surface area contributed by atoms with Crippen molar-refractivity contribution in [3.05, 3.63) is 33.4 Å². The van der Waals surface area contributed by atoms with E-state index in [4.69, 9.17) is 4.74 Å². The van der Waals surface area contributed by atoms with Gasteiger partial charge in [0.25, 0.3) is 11.6 Å². The molecular formula is C16H20N2O6. The van der Waals surface area contributed by atoms with Crippen LogP contribution in [0, 0.1) is 22.5 Å². The maximum absolute atomic E-state index is 12.7. The van der Waals surface area contributed by atoms with Crippen LogP contribution in [0.25, 0.3) is 0 Å². The number of nitro groups is 1. The first-order valence-corrected chi connectivity index (χ1v) is 7.55. The summed E-state index contributed by atoms with van der Waals surface area (Å²) < 4.78 is 5.12. The van der Waals surface area contributed by atoms with Crippen LogP contribution in [0.2, 0.25) is 0 Å². The summed E-state index contributed by atoms with van der Waals surface area (Å²) in [5.41, 5.74) is -0.739. The molecule has 1 unspecified atom stereocenters. The van der Waals surface area contributed by atoms with E-state index >= 15 is 0 Å². The number of hydrogen-bond acceptors (Lipinski definition) is 5. The number of likely N-dealkylation sites (tertiary alicyclic amines) is 1.